The lowest BCUT2D eigenvalue weighted by molar-refractivity contribution is -0.118. The number of amides is 1. The van der Waals surface area contributed by atoms with E-state index in [-0.39, 0.29) is 12.1 Å². The van der Waals surface area contributed by atoms with E-state index in [1.54, 1.807) is 7.11 Å². The summed E-state index contributed by atoms with van der Waals surface area (Å²) >= 11 is 0. The lowest BCUT2D eigenvalue weighted by atomic mass is 10.2. The Kier molecular flexibility index (Phi) is 3.19. The lowest BCUT2D eigenvalue weighted by Crippen LogP contribution is -2.22. The second-order valence-corrected chi connectivity index (χ2v) is 2.85. The van der Waals surface area contributed by atoms with Gasteiger partial charge in [0.05, 0.1) is 6.42 Å². The average molecular weight is 182 g/mol. The Bertz CT molecular complexity index is 269. The molecule has 0 aromatic carbocycles. The zero-order chi connectivity index (χ0) is 9.84. The molecule has 4 heteroatoms. The molecular weight excluding hydrogens is 168 g/mol. The van der Waals surface area contributed by atoms with Crippen LogP contribution in [0.15, 0.2) is 16.6 Å². The highest BCUT2D eigenvalue weighted by molar-refractivity contribution is 6.16. The molecule has 0 aromatic heterocycles. The van der Waals surface area contributed by atoms with Crippen LogP contribution in [-0.4, -0.2) is 25.1 Å². The number of carbonyl (C=O) groups is 1. The highest BCUT2D eigenvalue weighted by Crippen LogP contribution is 2.11. The van der Waals surface area contributed by atoms with Gasteiger partial charge in [-0.05, 0) is 19.4 Å². The van der Waals surface area contributed by atoms with E-state index in [2.05, 4.69) is 10.3 Å². The number of allylic oxidation sites excluding steroid dienone is 1. The third kappa shape index (κ3) is 2.39. The monoisotopic (exact) mass is 182 g/mol. The lowest BCUT2D eigenvalue weighted by Gasteiger charge is -2.05. The Morgan fingerprint density at radius 3 is 2.92 bits per heavy atom. The predicted octanol–water partition coefficient (Wildman–Crippen LogP) is 0.843. The molecule has 0 bridgehead atoms. The fourth-order valence-corrected chi connectivity index (χ4v) is 1.10. The molecule has 1 fully saturated rings. The highest BCUT2D eigenvalue weighted by atomic mass is 16.5. The smallest absolute Gasteiger partial charge is 0.230 e. The number of carbonyl (C=O) groups excluding carboxylic acids is 1. The minimum absolute atomic E-state index is 0.00449. The number of hydrogen-bond donors (Lipinski definition) is 1. The van der Waals surface area contributed by atoms with Gasteiger partial charge in [-0.25, -0.2) is 4.99 Å². The summed E-state index contributed by atoms with van der Waals surface area (Å²) in [5, 5.41) is 2.68. The average Bonchev–Trinajstić information content (AvgIpc) is 2.46. The van der Waals surface area contributed by atoms with Crippen LogP contribution in [-0.2, 0) is 9.53 Å². The van der Waals surface area contributed by atoms with Crippen molar-refractivity contribution >= 4 is 11.7 Å². The number of aliphatic imine (C=N–C) groups is 1. The first kappa shape index (κ1) is 9.92. The first-order valence-electron chi connectivity index (χ1n) is 4.23. The van der Waals surface area contributed by atoms with Gasteiger partial charge >= 0.3 is 0 Å². The van der Waals surface area contributed by atoms with Crippen LogP contribution >= 0.6 is 0 Å². The molecule has 1 atom stereocenters. The van der Waals surface area contributed by atoms with Crippen molar-refractivity contribution in [2.24, 2.45) is 4.99 Å². The summed E-state index contributed by atoms with van der Waals surface area (Å²) in [5.41, 5.74) is 0.939. The van der Waals surface area contributed by atoms with Crippen LogP contribution in [0, 0.1) is 0 Å². The molecule has 1 saturated heterocycles. The Morgan fingerprint density at radius 1 is 1.69 bits per heavy atom. The van der Waals surface area contributed by atoms with Crippen molar-refractivity contribution in [2.45, 2.75) is 26.5 Å². The van der Waals surface area contributed by atoms with Crippen LogP contribution < -0.4 is 5.32 Å². The standard InChI is InChI=1S/C9H14N2O2/c1-4-7-5-8(12)11-9(7)10-6(2)13-3/h4,6H,5H2,1-3H3,(H,10,11,12)/b7-4-. The number of rotatable bonds is 2. The van der Waals surface area contributed by atoms with Gasteiger partial charge in [0.2, 0.25) is 5.91 Å². The van der Waals surface area contributed by atoms with Crippen molar-refractivity contribution in [1.29, 1.82) is 0 Å². The molecule has 1 unspecified atom stereocenters. The molecule has 1 aliphatic rings. The summed E-state index contributed by atoms with van der Waals surface area (Å²) in [6, 6.07) is 0. The minimum atomic E-state index is -0.219. The Morgan fingerprint density at radius 2 is 2.38 bits per heavy atom. The van der Waals surface area contributed by atoms with Crippen molar-refractivity contribution in [3.8, 4) is 0 Å². The number of methoxy groups -OCH3 is 1. The number of nitrogens with zero attached hydrogens (tertiary/aromatic N) is 1. The molecule has 1 rings (SSSR count). The summed E-state index contributed by atoms with van der Waals surface area (Å²) in [6.07, 6.45) is 2.09. The van der Waals surface area contributed by atoms with Crippen molar-refractivity contribution in [3.05, 3.63) is 11.6 Å². The molecule has 4 nitrogen and oxygen atoms in total. The Hall–Kier alpha value is -1.16. The zero-order valence-corrected chi connectivity index (χ0v) is 8.13. The van der Waals surface area contributed by atoms with Gasteiger partial charge in [0.15, 0.2) is 0 Å². The summed E-state index contributed by atoms with van der Waals surface area (Å²) in [4.78, 5) is 15.2. The largest absolute Gasteiger partial charge is 0.360 e. The molecule has 1 aliphatic heterocycles. The molecule has 72 valence electrons. The van der Waals surface area contributed by atoms with Crippen molar-refractivity contribution in [2.75, 3.05) is 7.11 Å². The number of amidine groups is 1. The molecule has 0 aromatic rings. The fraction of sp³-hybridized carbons (Fsp3) is 0.556. The molecule has 1 amide bonds. The van der Waals surface area contributed by atoms with E-state index in [9.17, 15) is 4.79 Å². The molecule has 13 heavy (non-hydrogen) atoms. The second kappa shape index (κ2) is 4.18. The van der Waals surface area contributed by atoms with E-state index in [1.165, 1.54) is 0 Å². The van der Waals surface area contributed by atoms with Gasteiger partial charge in [-0.15, -0.1) is 0 Å². The highest BCUT2D eigenvalue weighted by Gasteiger charge is 2.21. The predicted molar refractivity (Wildman–Crippen MR) is 50.4 cm³/mol. The van der Waals surface area contributed by atoms with Crippen molar-refractivity contribution in [1.82, 2.24) is 5.32 Å². The molecule has 1 N–H and O–H groups in total. The quantitative estimate of drug-likeness (QED) is 0.688. The van der Waals surface area contributed by atoms with E-state index < -0.39 is 0 Å². The van der Waals surface area contributed by atoms with Crippen LogP contribution in [0.1, 0.15) is 20.3 Å². The van der Waals surface area contributed by atoms with Crippen LogP contribution in [0.5, 0.6) is 0 Å². The maximum absolute atomic E-state index is 11.0. The van der Waals surface area contributed by atoms with Crippen molar-refractivity contribution < 1.29 is 9.53 Å². The molecular formula is C9H14N2O2. The van der Waals surface area contributed by atoms with Gasteiger partial charge in [-0.2, -0.15) is 0 Å². The topological polar surface area (TPSA) is 50.7 Å². The molecule has 0 radical (unpaired) electrons. The second-order valence-electron chi connectivity index (χ2n) is 2.85. The van der Waals surface area contributed by atoms with Crippen molar-refractivity contribution in [3.63, 3.8) is 0 Å². The third-order valence-corrected chi connectivity index (χ3v) is 1.91. The molecule has 0 saturated carbocycles. The minimum Gasteiger partial charge on any atom is -0.360 e. The summed E-state index contributed by atoms with van der Waals surface area (Å²) < 4.78 is 4.97. The summed E-state index contributed by atoms with van der Waals surface area (Å²) in [6.45, 7) is 3.72. The maximum atomic E-state index is 11.0. The molecule has 0 spiro atoms. The van der Waals surface area contributed by atoms with Gasteiger partial charge in [-0.1, -0.05) is 6.08 Å². The van der Waals surface area contributed by atoms with Gasteiger partial charge < -0.3 is 10.1 Å². The zero-order valence-electron chi connectivity index (χ0n) is 8.13. The number of ether oxygens (including phenoxy) is 1. The van der Waals surface area contributed by atoms with E-state index in [0.717, 1.165) is 5.57 Å². The van der Waals surface area contributed by atoms with Gasteiger partial charge in [0, 0.05) is 7.11 Å². The number of nitrogens with one attached hydrogen (secondary N) is 1. The SMILES string of the molecule is C/C=C1/CC(=O)NC1=NC(C)OC. The summed E-state index contributed by atoms with van der Waals surface area (Å²) in [7, 11) is 1.58. The fourth-order valence-electron chi connectivity index (χ4n) is 1.10. The van der Waals surface area contributed by atoms with Gasteiger partial charge in [-0.3, -0.25) is 4.79 Å². The normalized spacial score (nSPS) is 25.3. The first-order valence-corrected chi connectivity index (χ1v) is 4.23. The van der Waals surface area contributed by atoms with Crippen LogP contribution in [0.25, 0.3) is 0 Å². The van der Waals surface area contributed by atoms with E-state index in [4.69, 9.17) is 4.74 Å². The van der Waals surface area contributed by atoms with E-state index in [0.29, 0.717) is 12.3 Å². The van der Waals surface area contributed by atoms with E-state index >= 15 is 0 Å². The molecule has 0 aliphatic carbocycles. The van der Waals surface area contributed by atoms with Gasteiger partial charge in [0.25, 0.3) is 0 Å². The Labute approximate surface area is 77.7 Å². The van der Waals surface area contributed by atoms with Crippen LogP contribution in [0.4, 0.5) is 0 Å². The van der Waals surface area contributed by atoms with Gasteiger partial charge in [0.1, 0.15) is 12.1 Å². The summed E-state index contributed by atoms with van der Waals surface area (Å²) in [5.74, 6) is 0.636. The van der Waals surface area contributed by atoms with Crippen LogP contribution in [0.3, 0.4) is 0 Å². The van der Waals surface area contributed by atoms with Crippen LogP contribution in [0.2, 0.25) is 0 Å². The molecule has 1 heterocycles. The number of hydrogen-bond acceptors (Lipinski definition) is 3. The van der Waals surface area contributed by atoms with E-state index in [1.807, 2.05) is 19.9 Å². The third-order valence-electron chi connectivity index (χ3n) is 1.91. The Balaban J connectivity index is 2.79. The maximum Gasteiger partial charge on any atom is 0.230 e. The first-order chi connectivity index (χ1) is 6.17.